The molecule has 0 spiro atoms. The number of anilines is 1. The van der Waals surface area contributed by atoms with Crippen LogP contribution in [0.2, 0.25) is 5.02 Å². The number of pyridine rings is 2. The normalized spacial score (nSPS) is 10.4. The lowest BCUT2D eigenvalue weighted by Gasteiger charge is -2.03. The number of hydrogen-bond acceptors (Lipinski definition) is 5. The molecule has 16 heavy (non-hydrogen) atoms. The van der Waals surface area contributed by atoms with Gasteiger partial charge in [-0.1, -0.05) is 11.6 Å². The molecule has 0 aliphatic carbocycles. The minimum atomic E-state index is -0.505. The van der Waals surface area contributed by atoms with Gasteiger partial charge in [0.2, 0.25) is 0 Å². The maximum absolute atomic E-state index is 11.2. The standard InChI is InChI=1S/C10H8ClN3O2/c1-16-10(15)7-3-5-2-6(11)9(12)14-8(5)4-13-7/h2-4H,1H3,(H2,12,14). The molecular formula is C10H8ClN3O2. The molecule has 0 atom stereocenters. The molecule has 0 aromatic carbocycles. The zero-order valence-corrected chi connectivity index (χ0v) is 9.15. The maximum atomic E-state index is 11.2. The number of rotatable bonds is 1. The lowest BCUT2D eigenvalue weighted by Crippen LogP contribution is -2.04. The Morgan fingerprint density at radius 1 is 1.50 bits per heavy atom. The van der Waals surface area contributed by atoms with Crippen molar-refractivity contribution in [2.24, 2.45) is 0 Å². The third kappa shape index (κ3) is 1.77. The number of ether oxygens (including phenoxy) is 1. The van der Waals surface area contributed by atoms with E-state index in [2.05, 4.69) is 14.7 Å². The van der Waals surface area contributed by atoms with E-state index in [1.165, 1.54) is 13.3 Å². The van der Waals surface area contributed by atoms with Crippen LogP contribution in [0.25, 0.3) is 10.9 Å². The zero-order chi connectivity index (χ0) is 11.7. The Morgan fingerprint density at radius 2 is 2.25 bits per heavy atom. The van der Waals surface area contributed by atoms with Crippen LogP contribution in [0.4, 0.5) is 5.82 Å². The van der Waals surface area contributed by atoms with Gasteiger partial charge in [0.25, 0.3) is 0 Å². The molecule has 0 fully saturated rings. The van der Waals surface area contributed by atoms with E-state index in [1.807, 2.05) is 0 Å². The average molecular weight is 238 g/mol. The Balaban J connectivity index is 2.62. The highest BCUT2D eigenvalue weighted by molar-refractivity contribution is 6.33. The van der Waals surface area contributed by atoms with E-state index < -0.39 is 5.97 Å². The van der Waals surface area contributed by atoms with Crippen molar-refractivity contribution in [1.29, 1.82) is 0 Å². The maximum Gasteiger partial charge on any atom is 0.356 e. The Kier molecular flexibility index (Phi) is 2.62. The fourth-order valence-corrected chi connectivity index (χ4v) is 1.44. The summed E-state index contributed by atoms with van der Waals surface area (Å²) in [5.74, 6) is -0.267. The number of methoxy groups -OCH3 is 1. The highest BCUT2D eigenvalue weighted by atomic mass is 35.5. The topological polar surface area (TPSA) is 78.1 Å². The Labute approximate surface area is 96.2 Å². The van der Waals surface area contributed by atoms with Gasteiger partial charge in [-0.25, -0.2) is 14.8 Å². The summed E-state index contributed by atoms with van der Waals surface area (Å²) in [4.78, 5) is 19.2. The largest absolute Gasteiger partial charge is 0.464 e. The van der Waals surface area contributed by atoms with E-state index in [9.17, 15) is 4.79 Å². The fraction of sp³-hybridized carbons (Fsp3) is 0.100. The van der Waals surface area contributed by atoms with Gasteiger partial charge < -0.3 is 10.5 Å². The van der Waals surface area contributed by atoms with Gasteiger partial charge in [0.05, 0.1) is 23.8 Å². The van der Waals surface area contributed by atoms with Gasteiger partial charge in [-0.3, -0.25) is 0 Å². The van der Waals surface area contributed by atoms with Crippen LogP contribution in [0.3, 0.4) is 0 Å². The highest BCUT2D eigenvalue weighted by Crippen LogP contribution is 2.22. The van der Waals surface area contributed by atoms with Crippen molar-refractivity contribution in [3.63, 3.8) is 0 Å². The van der Waals surface area contributed by atoms with Gasteiger partial charge in [-0.2, -0.15) is 0 Å². The molecular weight excluding hydrogens is 230 g/mol. The van der Waals surface area contributed by atoms with Crippen molar-refractivity contribution in [3.05, 3.63) is 29.0 Å². The van der Waals surface area contributed by atoms with E-state index in [1.54, 1.807) is 12.1 Å². The molecule has 2 aromatic rings. The molecule has 0 unspecified atom stereocenters. The first-order valence-corrected chi connectivity index (χ1v) is 4.79. The third-order valence-corrected chi connectivity index (χ3v) is 2.38. The van der Waals surface area contributed by atoms with Crippen molar-refractivity contribution < 1.29 is 9.53 Å². The molecule has 0 bridgehead atoms. The summed E-state index contributed by atoms with van der Waals surface area (Å²) in [6.07, 6.45) is 1.45. The van der Waals surface area contributed by atoms with Crippen molar-refractivity contribution in [2.45, 2.75) is 0 Å². The number of esters is 1. The summed E-state index contributed by atoms with van der Waals surface area (Å²) < 4.78 is 4.56. The molecule has 6 heteroatoms. The molecule has 5 nitrogen and oxygen atoms in total. The van der Waals surface area contributed by atoms with Crippen LogP contribution >= 0.6 is 11.6 Å². The molecule has 2 N–H and O–H groups in total. The first-order valence-electron chi connectivity index (χ1n) is 4.42. The summed E-state index contributed by atoms with van der Waals surface area (Å²) >= 11 is 5.83. The Morgan fingerprint density at radius 3 is 2.94 bits per heavy atom. The third-order valence-electron chi connectivity index (χ3n) is 2.08. The van der Waals surface area contributed by atoms with E-state index in [0.29, 0.717) is 15.9 Å². The zero-order valence-electron chi connectivity index (χ0n) is 8.40. The molecule has 82 valence electrons. The number of aromatic nitrogens is 2. The number of fused-ring (bicyclic) bond motifs is 1. The first-order chi connectivity index (χ1) is 7.61. The van der Waals surface area contributed by atoms with Gasteiger partial charge in [0.1, 0.15) is 11.5 Å². The number of hydrogen-bond donors (Lipinski definition) is 1. The van der Waals surface area contributed by atoms with Crippen LogP contribution in [0, 0.1) is 0 Å². The SMILES string of the molecule is COC(=O)c1cc2cc(Cl)c(N)nc2cn1. The van der Waals surface area contributed by atoms with Crippen LogP contribution in [-0.4, -0.2) is 23.0 Å². The number of carbonyl (C=O) groups is 1. The van der Waals surface area contributed by atoms with E-state index in [4.69, 9.17) is 17.3 Å². The predicted molar refractivity (Wildman–Crippen MR) is 60.3 cm³/mol. The van der Waals surface area contributed by atoms with E-state index >= 15 is 0 Å². The van der Waals surface area contributed by atoms with Gasteiger partial charge in [0, 0.05) is 5.39 Å². The molecule has 0 radical (unpaired) electrons. The second-order valence-corrected chi connectivity index (χ2v) is 3.52. The number of nitrogens with zero attached hydrogens (tertiary/aromatic N) is 2. The van der Waals surface area contributed by atoms with Gasteiger partial charge in [0.15, 0.2) is 0 Å². The molecule has 2 aromatic heterocycles. The summed E-state index contributed by atoms with van der Waals surface area (Å²) in [7, 11) is 1.29. The van der Waals surface area contributed by atoms with Crippen molar-refractivity contribution >= 4 is 34.3 Å². The van der Waals surface area contributed by atoms with Gasteiger partial charge in [-0.15, -0.1) is 0 Å². The second kappa shape index (κ2) is 3.94. The van der Waals surface area contributed by atoms with Gasteiger partial charge >= 0.3 is 5.97 Å². The van der Waals surface area contributed by atoms with Crippen LogP contribution in [0.15, 0.2) is 18.3 Å². The predicted octanol–water partition coefficient (Wildman–Crippen LogP) is 1.65. The van der Waals surface area contributed by atoms with Crippen molar-refractivity contribution in [3.8, 4) is 0 Å². The molecule has 0 amide bonds. The highest BCUT2D eigenvalue weighted by Gasteiger charge is 2.09. The molecule has 0 saturated heterocycles. The fourth-order valence-electron chi connectivity index (χ4n) is 1.28. The number of carbonyl (C=O) groups excluding carboxylic acids is 1. The van der Waals surface area contributed by atoms with Crippen molar-refractivity contribution in [2.75, 3.05) is 12.8 Å². The lowest BCUT2D eigenvalue weighted by molar-refractivity contribution is 0.0594. The Hall–Kier alpha value is -1.88. The number of nitrogen functional groups attached to an aromatic ring is 1. The lowest BCUT2D eigenvalue weighted by atomic mass is 10.2. The summed E-state index contributed by atoms with van der Waals surface area (Å²) in [6.45, 7) is 0. The minimum absolute atomic E-state index is 0.206. The van der Waals surface area contributed by atoms with Crippen LogP contribution < -0.4 is 5.73 Å². The van der Waals surface area contributed by atoms with Gasteiger partial charge in [-0.05, 0) is 12.1 Å². The monoisotopic (exact) mass is 237 g/mol. The first kappa shape index (κ1) is 10.6. The number of halogens is 1. The molecule has 0 saturated carbocycles. The molecule has 2 heterocycles. The summed E-state index contributed by atoms with van der Waals surface area (Å²) in [6, 6.07) is 3.19. The quantitative estimate of drug-likeness (QED) is 0.763. The molecule has 0 aliphatic rings. The summed E-state index contributed by atoms with van der Waals surface area (Å²) in [5.41, 5.74) is 6.33. The summed E-state index contributed by atoms with van der Waals surface area (Å²) in [5, 5.41) is 1.03. The van der Waals surface area contributed by atoms with E-state index in [0.717, 1.165) is 0 Å². The minimum Gasteiger partial charge on any atom is -0.464 e. The van der Waals surface area contributed by atoms with Crippen molar-refractivity contribution in [1.82, 2.24) is 9.97 Å². The number of nitrogens with two attached hydrogens (primary N) is 1. The Bertz CT molecular complexity index is 571. The van der Waals surface area contributed by atoms with E-state index in [-0.39, 0.29) is 11.5 Å². The van der Waals surface area contributed by atoms with Crippen LogP contribution in [0.5, 0.6) is 0 Å². The average Bonchev–Trinajstić information content (AvgIpc) is 2.29. The van der Waals surface area contributed by atoms with Crippen LogP contribution in [-0.2, 0) is 4.74 Å². The smallest absolute Gasteiger partial charge is 0.356 e. The molecule has 0 aliphatic heterocycles. The second-order valence-electron chi connectivity index (χ2n) is 3.11. The van der Waals surface area contributed by atoms with Crippen LogP contribution in [0.1, 0.15) is 10.5 Å². The molecule has 2 rings (SSSR count).